The van der Waals surface area contributed by atoms with Crippen molar-refractivity contribution in [3.63, 3.8) is 0 Å². The van der Waals surface area contributed by atoms with Crippen LogP contribution in [0.2, 0.25) is 0 Å². The number of nitrogen functional groups attached to an aromatic ring is 1. The number of halogens is 1. The average Bonchev–Trinajstić information content (AvgIpc) is 2.42. The minimum Gasteiger partial charge on any atom is -0.397 e. The number of rotatable bonds is 4. The van der Waals surface area contributed by atoms with Crippen molar-refractivity contribution in [1.82, 2.24) is 0 Å². The fourth-order valence-corrected chi connectivity index (χ4v) is 2.81. The van der Waals surface area contributed by atoms with E-state index in [1.165, 1.54) is 18.2 Å². The number of benzene rings is 2. The first-order valence-electron chi connectivity index (χ1n) is 6.46. The van der Waals surface area contributed by atoms with E-state index in [1.54, 1.807) is 29.2 Å². The monoisotopic (exact) mass is 308 g/mol. The van der Waals surface area contributed by atoms with Gasteiger partial charge >= 0.3 is 0 Å². The lowest BCUT2D eigenvalue weighted by Crippen LogP contribution is -2.19. The molecule has 0 unspecified atom stereocenters. The molecule has 0 saturated carbocycles. The van der Waals surface area contributed by atoms with Gasteiger partial charge < -0.3 is 10.6 Å². The predicted octanol–water partition coefficient (Wildman–Crippen LogP) is 2.97. The number of nitrogens with two attached hydrogens (primary N) is 1. The van der Waals surface area contributed by atoms with E-state index in [-0.39, 0.29) is 10.7 Å². The topological polar surface area (TPSA) is 63.4 Å². The highest BCUT2D eigenvalue weighted by atomic mass is 32.2. The molecule has 0 heterocycles. The normalized spacial score (nSPS) is 11.4. The molecule has 0 saturated heterocycles. The van der Waals surface area contributed by atoms with Crippen LogP contribution in [0.15, 0.2) is 47.4 Å². The molecule has 0 radical (unpaired) electrons. The summed E-state index contributed by atoms with van der Waals surface area (Å²) >= 11 is 0. The molecule has 0 aliphatic rings. The standard InChI is InChI=1S/C15H17FN2O2S/c1-3-18(14-7-5-4-6-12(14)16)15-9-8-11(10-13(15)17)21(2,19)20/h4-10H,3,17H2,1-2H3. The van der Waals surface area contributed by atoms with Crippen molar-refractivity contribution < 1.29 is 12.8 Å². The van der Waals surface area contributed by atoms with Crippen molar-refractivity contribution in [2.45, 2.75) is 11.8 Å². The van der Waals surface area contributed by atoms with Crippen LogP contribution in [0.4, 0.5) is 21.5 Å². The van der Waals surface area contributed by atoms with Gasteiger partial charge in [0.2, 0.25) is 0 Å². The Hall–Kier alpha value is -2.08. The van der Waals surface area contributed by atoms with Crippen molar-refractivity contribution in [3.8, 4) is 0 Å². The van der Waals surface area contributed by atoms with E-state index < -0.39 is 9.84 Å². The lowest BCUT2D eigenvalue weighted by atomic mass is 10.2. The fourth-order valence-electron chi connectivity index (χ4n) is 2.15. The zero-order chi connectivity index (χ0) is 15.6. The third kappa shape index (κ3) is 3.16. The Morgan fingerprint density at radius 2 is 1.81 bits per heavy atom. The van der Waals surface area contributed by atoms with E-state index in [4.69, 9.17) is 5.73 Å². The maximum atomic E-state index is 13.9. The van der Waals surface area contributed by atoms with E-state index in [2.05, 4.69) is 0 Å². The van der Waals surface area contributed by atoms with Gasteiger partial charge in [0.05, 0.1) is 22.0 Å². The molecule has 2 aromatic carbocycles. The maximum absolute atomic E-state index is 13.9. The van der Waals surface area contributed by atoms with Gasteiger partial charge in [0.25, 0.3) is 0 Å². The molecule has 0 atom stereocenters. The Morgan fingerprint density at radius 3 is 2.33 bits per heavy atom. The molecule has 0 bridgehead atoms. The molecule has 0 fully saturated rings. The molecule has 112 valence electrons. The van der Waals surface area contributed by atoms with Gasteiger partial charge in [0.1, 0.15) is 5.82 Å². The Bertz CT molecular complexity index is 760. The molecule has 4 nitrogen and oxygen atoms in total. The summed E-state index contributed by atoms with van der Waals surface area (Å²) in [4.78, 5) is 1.85. The second kappa shape index (κ2) is 5.73. The van der Waals surface area contributed by atoms with Gasteiger partial charge in [-0.3, -0.25) is 0 Å². The lowest BCUT2D eigenvalue weighted by molar-refractivity contribution is 0.602. The highest BCUT2D eigenvalue weighted by Crippen LogP contribution is 2.33. The first kappa shape index (κ1) is 15.3. The van der Waals surface area contributed by atoms with Gasteiger partial charge in [-0.15, -0.1) is 0 Å². The van der Waals surface area contributed by atoms with Gasteiger partial charge in [0, 0.05) is 12.8 Å². The van der Waals surface area contributed by atoms with Crippen LogP contribution in [-0.2, 0) is 9.84 Å². The lowest BCUT2D eigenvalue weighted by Gasteiger charge is -2.25. The molecule has 6 heteroatoms. The number of hydrogen-bond donors (Lipinski definition) is 1. The summed E-state index contributed by atoms with van der Waals surface area (Å²) in [6.45, 7) is 2.37. The van der Waals surface area contributed by atoms with Crippen molar-refractivity contribution in [1.29, 1.82) is 0 Å². The maximum Gasteiger partial charge on any atom is 0.175 e. The molecule has 0 aliphatic heterocycles. The molecule has 21 heavy (non-hydrogen) atoms. The van der Waals surface area contributed by atoms with Crippen LogP contribution < -0.4 is 10.6 Å². The Morgan fingerprint density at radius 1 is 1.14 bits per heavy atom. The second-order valence-electron chi connectivity index (χ2n) is 4.69. The van der Waals surface area contributed by atoms with Gasteiger partial charge in [-0.2, -0.15) is 0 Å². The number of anilines is 3. The Kier molecular flexibility index (Phi) is 4.18. The van der Waals surface area contributed by atoms with Crippen molar-refractivity contribution in [3.05, 3.63) is 48.3 Å². The summed E-state index contributed by atoms with van der Waals surface area (Å²) in [5.41, 5.74) is 7.23. The van der Waals surface area contributed by atoms with Crippen LogP contribution in [-0.4, -0.2) is 21.2 Å². The zero-order valence-electron chi connectivity index (χ0n) is 11.9. The minimum absolute atomic E-state index is 0.147. The van der Waals surface area contributed by atoms with Crippen LogP contribution in [0.5, 0.6) is 0 Å². The number of sulfone groups is 1. The van der Waals surface area contributed by atoms with Crippen LogP contribution in [0.1, 0.15) is 6.92 Å². The molecule has 0 aliphatic carbocycles. The Labute approximate surface area is 123 Å². The highest BCUT2D eigenvalue weighted by Gasteiger charge is 2.16. The quantitative estimate of drug-likeness (QED) is 0.882. The van der Waals surface area contributed by atoms with Gasteiger partial charge in [-0.25, -0.2) is 12.8 Å². The SMILES string of the molecule is CCN(c1ccc(S(C)(=O)=O)cc1N)c1ccccc1F. The fraction of sp³-hybridized carbons (Fsp3) is 0.200. The van der Waals surface area contributed by atoms with Crippen molar-refractivity contribution in [2.75, 3.05) is 23.4 Å². The summed E-state index contributed by atoms with van der Waals surface area (Å²) in [5, 5.41) is 0. The van der Waals surface area contributed by atoms with E-state index in [0.717, 1.165) is 6.26 Å². The molecule has 0 amide bonds. The second-order valence-corrected chi connectivity index (χ2v) is 6.70. The first-order chi connectivity index (χ1) is 9.84. The summed E-state index contributed by atoms with van der Waals surface area (Å²) < 4.78 is 37.0. The summed E-state index contributed by atoms with van der Waals surface area (Å²) in [5.74, 6) is -0.356. The highest BCUT2D eigenvalue weighted by molar-refractivity contribution is 7.90. The van der Waals surface area contributed by atoms with Crippen LogP contribution in [0, 0.1) is 5.82 Å². The van der Waals surface area contributed by atoms with Gasteiger partial charge in [-0.05, 0) is 37.3 Å². The van der Waals surface area contributed by atoms with Crippen LogP contribution >= 0.6 is 0 Å². The molecule has 2 aromatic rings. The molecule has 2 N–H and O–H groups in total. The third-order valence-corrected chi connectivity index (χ3v) is 4.29. The number of hydrogen-bond acceptors (Lipinski definition) is 4. The average molecular weight is 308 g/mol. The van der Waals surface area contributed by atoms with E-state index in [0.29, 0.717) is 23.6 Å². The van der Waals surface area contributed by atoms with Gasteiger partial charge in [-0.1, -0.05) is 12.1 Å². The van der Waals surface area contributed by atoms with Crippen molar-refractivity contribution in [2.24, 2.45) is 0 Å². The first-order valence-corrected chi connectivity index (χ1v) is 8.35. The number of para-hydroxylation sites is 1. The molecular weight excluding hydrogens is 291 g/mol. The van der Waals surface area contributed by atoms with E-state index >= 15 is 0 Å². The molecular formula is C15H17FN2O2S. The summed E-state index contributed by atoms with van der Waals surface area (Å²) in [6.07, 6.45) is 1.12. The van der Waals surface area contributed by atoms with E-state index in [1.807, 2.05) is 6.92 Å². The smallest absolute Gasteiger partial charge is 0.175 e. The van der Waals surface area contributed by atoms with Crippen LogP contribution in [0.25, 0.3) is 0 Å². The van der Waals surface area contributed by atoms with Crippen LogP contribution in [0.3, 0.4) is 0 Å². The molecule has 0 spiro atoms. The van der Waals surface area contributed by atoms with Gasteiger partial charge in [0.15, 0.2) is 9.84 Å². The minimum atomic E-state index is -3.32. The summed E-state index contributed by atoms with van der Waals surface area (Å²) in [7, 11) is -3.32. The molecule has 2 rings (SSSR count). The third-order valence-electron chi connectivity index (χ3n) is 3.18. The Balaban J connectivity index is 2.52. The molecule has 0 aromatic heterocycles. The zero-order valence-corrected chi connectivity index (χ0v) is 12.7. The van der Waals surface area contributed by atoms with Crippen molar-refractivity contribution >= 4 is 26.9 Å². The summed E-state index contributed by atoms with van der Waals surface area (Å²) in [6, 6.07) is 10.9. The van der Waals surface area contributed by atoms with E-state index in [9.17, 15) is 12.8 Å². The largest absolute Gasteiger partial charge is 0.397 e. The predicted molar refractivity (Wildman–Crippen MR) is 83.0 cm³/mol. The number of nitrogens with zero attached hydrogens (tertiary/aromatic N) is 1.